The van der Waals surface area contributed by atoms with E-state index in [0.717, 1.165) is 6.26 Å². The highest BCUT2D eigenvalue weighted by atomic mass is 33.2. The van der Waals surface area contributed by atoms with Gasteiger partial charge in [0.15, 0.2) is 11.2 Å². The molecule has 0 radical (unpaired) electrons. The Hall–Kier alpha value is -0.880. The molecule has 0 aromatic carbocycles. The van der Waals surface area contributed by atoms with Crippen LogP contribution in [0.25, 0.3) is 0 Å². The van der Waals surface area contributed by atoms with Crippen LogP contribution in [0.5, 0.6) is 0 Å². The van der Waals surface area contributed by atoms with Gasteiger partial charge in [-0.3, -0.25) is 5.41 Å². The third-order valence-corrected chi connectivity index (χ3v) is 5.93. The van der Waals surface area contributed by atoms with Crippen LogP contribution in [0, 0.1) is 5.41 Å². The maximum absolute atomic E-state index is 11.1. The van der Waals surface area contributed by atoms with Crippen LogP contribution < -0.4 is 5.73 Å². The van der Waals surface area contributed by atoms with Gasteiger partial charge in [-0.15, -0.1) is 0 Å². The summed E-state index contributed by atoms with van der Waals surface area (Å²) in [5.74, 6) is -0.172. The minimum absolute atomic E-state index is 0.172. The number of rotatable bonds is 2. The molecule has 0 aliphatic heterocycles. The van der Waals surface area contributed by atoms with Crippen molar-refractivity contribution < 1.29 is 8.42 Å². The van der Waals surface area contributed by atoms with Crippen molar-refractivity contribution in [3.8, 4) is 0 Å². The Morgan fingerprint density at radius 1 is 1.67 bits per heavy atom. The lowest BCUT2D eigenvalue weighted by Crippen LogP contribution is -2.10. The van der Waals surface area contributed by atoms with Gasteiger partial charge in [-0.1, -0.05) is 0 Å². The van der Waals surface area contributed by atoms with E-state index in [1.54, 1.807) is 17.5 Å². The van der Waals surface area contributed by atoms with Crippen LogP contribution in [-0.4, -0.2) is 20.5 Å². The number of nitrogen functional groups attached to an aromatic ring is 1. The summed E-state index contributed by atoms with van der Waals surface area (Å²) in [6.07, 6.45) is 1.14. The third-order valence-electron chi connectivity index (χ3n) is 1.26. The maximum Gasteiger partial charge on any atom is 0.335 e. The van der Waals surface area contributed by atoms with Crippen molar-refractivity contribution in [2.24, 2.45) is 5.73 Å². The van der Waals surface area contributed by atoms with Gasteiger partial charge in [-0.25, -0.2) is 0 Å². The molecule has 0 fully saturated rings. The molecule has 6 heteroatoms. The minimum atomic E-state index is -3.14. The van der Waals surface area contributed by atoms with Crippen LogP contribution in [-0.2, 0) is 8.87 Å². The van der Waals surface area contributed by atoms with E-state index in [1.807, 2.05) is 0 Å². The Morgan fingerprint density at radius 3 is 2.58 bits per heavy atom. The number of thiophene rings is 1. The molecule has 4 nitrogen and oxygen atoms in total. The summed E-state index contributed by atoms with van der Waals surface area (Å²) in [6.45, 7) is 0. The fourth-order valence-electron chi connectivity index (χ4n) is 0.801. The summed E-state index contributed by atoms with van der Waals surface area (Å²) in [4.78, 5) is 0.387. The number of hydrogen-bond donors (Lipinski definition) is 2. The molecule has 0 saturated heterocycles. The molecule has 0 saturated carbocycles. The number of nitrogens with two attached hydrogens (primary N) is 1. The third kappa shape index (κ3) is 1.64. The molecule has 66 valence electrons. The van der Waals surface area contributed by atoms with E-state index < -0.39 is 18.4 Å². The normalized spacial score (nSPS) is 12.9. The SMILES string of the molecule is CS(=O)(=O)[s+]1cccc1C(=N)N. The van der Waals surface area contributed by atoms with Crippen LogP contribution >= 0.6 is 9.50 Å². The molecule has 0 bridgehead atoms. The Balaban J connectivity index is 3.36. The van der Waals surface area contributed by atoms with Crippen LogP contribution in [0.3, 0.4) is 0 Å². The highest BCUT2D eigenvalue weighted by molar-refractivity contribution is 8.39. The molecule has 1 rings (SSSR count). The summed E-state index contributed by atoms with van der Waals surface area (Å²) >= 11 is 0. The average molecular weight is 205 g/mol. The number of hydrogen-bond acceptors (Lipinski definition) is 3. The zero-order chi connectivity index (χ0) is 9.35. The second kappa shape index (κ2) is 2.87. The maximum atomic E-state index is 11.1. The molecule has 1 heterocycles. The first-order chi connectivity index (χ1) is 5.43. The van der Waals surface area contributed by atoms with Gasteiger partial charge < -0.3 is 5.73 Å². The largest absolute Gasteiger partial charge is 0.380 e. The predicted molar refractivity (Wildman–Crippen MR) is 50.2 cm³/mol. The standard InChI is InChI=1S/C6H9N2O2S2/c1-12(9,10)11-4-2-3-5(11)6(7)8/h2-4H,1H3,(H3,7,8)/q+1. The zero-order valence-corrected chi connectivity index (χ0v) is 8.08. The summed E-state index contributed by atoms with van der Waals surface area (Å²) in [5, 5.41) is 8.66. The van der Waals surface area contributed by atoms with E-state index in [-0.39, 0.29) is 5.84 Å². The molecule has 12 heavy (non-hydrogen) atoms. The molecule has 0 amide bonds. The van der Waals surface area contributed by atoms with Gasteiger partial charge in [0.25, 0.3) is 0 Å². The van der Waals surface area contributed by atoms with Crippen molar-refractivity contribution in [3.05, 3.63) is 22.4 Å². The van der Waals surface area contributed by atoms with Crippen molar-refractivity contribution >= 4 is 24.2 Å². The fourth-order valence-corrected chi connectivity index (χ4v) is 4.34. The zero-order valence-electron chi connectivity index (χ0n) is 6.44. The van der Waals surface area contributed by atoms with E-state index in [9.17, 15) is 8.42 Å². The summed E-state index contributed by atoms with van der Waals surface area (Å²) < 4.78 is 22.2. The van der Waals surface area contributed by atoms with Crippen molar-refractivity contribution in [3.63, 3.8) is 0 Å². The monoisotopic (exact) mass is 205 g/mol. The molecule has 1 aromatic rings. The summed E-state index contributed by atoms with van der Waals surface area (Å²) in [7, 11) is -4.15. The molecular weight excluding hydrogens is 196 g/mol. The van der Waals surface area contributed by atoms with Crippen LogP contribution in [0.2, 0.25) is 0 Å². The van der Waals surface area contributed by atoms with Gasteiger partial charge in [0.2, 0.25) is 4.88 Å². The van der Waals surface area contributed by atoms with E-state index in [2.05, 4.69) is 0 Å². The first-order valence-electron chi connectivity index (χ1n) is 3.09. The Morgan fingerprint density at radius 2 is 2.25 bits per heavy atom. The fraction of sp³-hybridized carbons (Fsp3) is 0.167. The molecule has 0 spiro atoms. The quantitative estimate of drug-likeness (QED) is 0.319. The van der Waals surface area contributed by atoms with E-state index in [1.165, 1.54) is 0 Å². The second-order valence-corrected chi connectivity index (χ2v) is 7.88. The van der Waals surface area contributed by atoms with Crippen molar-refractivity contribution in [2.75, 3.05) is 6.26 Å². The van der Waals surface area contributed by atoms with Crippen molar-refractivity contribution in [1.82, 2.24) is 0 Å². The van der Waals surface area contributed by atoms with E-state index >= 15 is 0 Å². The van der Waals surface area contributed by atoms with Crippen LogP contribution in [0.15, 0.2) is 17.5 Å². The van der Waals surface area contributed by atoms with Gasteiger partial charge in [0.1, 0.15) is 9.50 Å². The molecule has 1 atom stereocenters. The van der Waals surface area contributed by atoms with Gasteiger partial charge in [0.05, 0.1) is 6.26 Å². The number of amidine groups is 1. The summed E-state index contributed by atoms with van der Waals surface area (Å²) in [6, 6.07) is 3.17. The number of nitrogens with one attached hydrogen (secondary N) is 1. The first-order valence-corrected chi connectivity index (χ1v) is 6.79. The Bertz CT molecular complexity index is 405. The average Bonchev–Trinajstić information content (AvgIpc) is 2.30. The molecule has 3 N–H and O–H groups in total. The van der Waals surface area contributed by atoms with Crippen molar-refractivity contribution in [2.45, 2.75) is 0 Å². The first kappa shape index (κ1) is 9.21. The van der Waals surface area contributed by atoms with E-state index in [4.69, 9.17) is 11.1 Å². The highest BCUT2D eigenvalue weighted by Crippen LogP contribution is 2.29. The topological polar surface area (TPSA) is 84.0 Å². The molecule has 1 aromatic heterocycles. The van der Waals surface area contributed by atoms with Crippen LogP contribution in [0.1, 0.15) is 4.88 Å². The lowest BCUT2D eigenvalue weighted by Gasteiger charge is -1.89. The lowest BCUT2D eigenvalue weighted by atomic mass is 10.4. The molecular formula is C6H9N2O2S2+. The second-order valence-electron chi connectivity index (χ2n) is 2.27. The Labute approximate surface area is 72.8 Å². The van der Waals surface area contributed by atoms with Crippen molar-refractivity contribution in [1.29, 1.82) is 5.41 Å². The molecule has 0 aliphatic carbocycles. The predicted octanol–water partition coefficient (Wildman–Crippen LogP) is 0.527. The smallest absolute Gasteiger partial charge is 0.335 e. The molecule has 1 unspecified atom stereocenters. The minimum Gasteiger partial charge on any atom is -0.380 e. The lowest BCUT2D eigenvalue weighted by molar-refractivity contribution is 0.615. The van der Waals surface area contributed by atoms with Gasteiger partial charge in [0, 0.05) is 6.07 Å². The van der Waals surface area contributed by atoms with Gasteiger partial charge >= 0.3 is 8.87 Å². The van der Waals surface area contributed by atoms with Gasteiger partial charge in [-0.05, 0) is 6.07 Å². The van der Waals surface area contributed by atoms with E-state index in [0.29, 0.717) is 4.88 Å². The highest BCUT2D eigenvalue weighted by Gasteiger charge is 2.25. The van der Waals surface area contributed by atoms with Gasteiger partial charge in [-0.2, -0.15) is 8.42 Å². The molecule has 0 aliphatic rings. The van der Waals surface area contributed by atoms with Crippen LogP contribution in [0.4, 0.5) is 0 Å². The Kier molecular flexibility index (Phi) is 2.20. The summed E-state index contributed by atoms with van der Waals surface area (Å²) in [5.41, 5.74) is 5.20.